The van der Waals surface area contributed by atoms with Crippen molar-refractivity contribution in [1.29, 1.82) is 0 Å². The maximum absolute atomic E-state index is 13.4. The minimum absolute atomic E-state index is 0.192. The van der Waals surface area contributed by atoms with Crippen LogP contribution in [0.3, 0.4) is 0 Å². The molecule has 0 heterocycles. The zero-order valence-electron chi connectivity index (χ0n) is 9.85. The molecule has 1 atom stereocenters. The third-order valence-corrected chi connectivity index (χ3v) is 2.45. The summed E-state index contributed by atoms with van der Waals surface area (Å²) in [7, 11) is 0. The molecule has 6 nitrogen and oxygen atoms in total. The number of nitrogens with one attached hydrogen (secondary N) is 1. The normalized spacial score (nSPS) is 11.9. The summed E-state index contributed by atoms with van der Waals surface area (Å²) in [6.45, 7) is 2.04. The molecule has 0 radical (unpaired) electrons. The lowest BCUT2D eigenvalue weighted by Crippen LogP contribution is -2.37. The highest BCUT2D eigenvalue weighted by Gasteiger charge is 2.17. The van der Waals surface area contributed by atoms with Gasteiger partial charge in [-0.15, -0.1) is 0 Å². The van der Waals surface area contributed by atoms with E-state index in [2.05, 4.69) is 5.32 Å². The number of nitrogens with two attached hydrogens (primary N) is 1. The van der Waals surface area contributed by atoms with Gasteiger partial charge in [0.1, 0.15) is 5.82 Å². The van der Waals surface area contributed by atoms with Crippen LogP contribution < -0.4 is 11.1 Å². The first kappa shape index (κ1) is 14.0. The van der Waals surface area contributed by atoms with E-state index in [-0.39, 0.29) is 23.8 Å². The largest absolute Gasteiger partial charge is 0.350 e. The monoisotopic (exact) mass is 255 g/mol. The topological polar surface area (TPSA) is 98.3 Å². The van der Waals surface area contributed by atoms with Gasteiger partial charge >= 0.3 is 0 Å². The van der Waals surface area contributed by atoms with Gasteiger partial charge in [0.05, 0.1) is 10.5 Å². The van der Waals surface area contributed by atoms with E-state index in [0.29, 0.717) is 6.42 Å². The van der Waals surface area contributed by atoms with Crippen molar-refractivity contribution in [3.8, 4) is 0 Å². The Morgan fingerprint density at radius 3 is 2.83 bits per heavy atom. The lowest BCUT2D eigenvalue weighted by Gasteiger charge is -2.10. The van der Waals surface area contributed by atoms with Gasteiger partial charge in [0.15, 0.2) is 0 Å². The van der Waals surface area contributed by atoms with E-state index in [1.807, 2.05) is 6.92 Å². The Kier molecular flexibility index (Phi) is 4.73. The number of carbonyl (C=O) groups excluding carboxylic acids is 1. The van der Waals surface area contributed by atoms with Crippen LogP contribution in [0.25, 0.3) is 0 Å². The number of nitro groups is 1. The minimum atomic E-state index is -0.803. The molecule has 7 heteroatoms. The molecule has 1 aromatic rings. The van der Waals surface area contributed by atoms with Crippen LogP contribution in [0.2, 0.25) is 0 Å². The van der Waals surface area contributed by atoms with Crippen molar-refractivity contribution in [3.63, 3.8) is 0 Å². The maximum atomic E-state index is 13.4. The Bertz CT molecular complexity index is 465. The van der Waals surface area contributed by atoms with Crippen molar-refractivity contribution >= 4 is 11.6 Å². The molecule has 18 heavy (non-hydrogen) atoms. The zero-order valence-corrected chi connectivity index (χ0v) is 9.85. The summed E-state index contributed by atoms with van der Waals surface area (Å²) < 4.78 is 13.4. The van der Waals surface area contributed by atoms with Gasteiger partial charge in [-0.3, -0.25) is 14.9 Å². The van der Waals surface area contributed by atoms with Crippen LogP contribution in [0, 0.1) is 15.9 Å². The van der Waals surface area contributed by atoms with Crippen molar-refractivity contribution in [1.82, 2.24) is 5.32 Å². The summed E-state index contributed by atoms with van der Waals surface area (Å²) in [5, 5.41) is 13.0. The number of hydrogen-bond donors (Lipinski definition) is 2. The van der Waals surface area contributed by atoms with Crippen LogP contribution in [0.5, 0.6) is 0 Å². The predicted octanol–water partition coefficient (Wildman–Crippen LogP) is 1.20. The van der Waals surface area contributed by atoms with Crippen LogP contribution in [0.1, 0.15) is 23.7 Å². The molecule has 1 aromatic carbocycles. The highest BCUT2D eigenvalue weighted by molar-refractivity contribution is 5.95. The van der Waals surface area contributed by atoms with E-state index in [9.17, 15) is 19.3 Å². The smallest absolute Gasteiger partial charge is 0.270 e. The van der Waals surface area contributed by atoms with Gasteiger partial charge in [0, 0.05) is 24.7 Å². The van der Waals surface area contributed by atoms with Crippen molar-refractivity contribution in [2.45, 2.75) is 19.4 Å². The summed E-state index contributed by atoms with van der Waals surface area (Å²) in [5.74, 6) is -1.51. The van der Waals surface area contributed by atoms with Gasteiger partial charge < -0.3 is 11.1 Å². The average molecular weight is 255 g/mol. The maximum Gasteiger partial charge on any atom is 0.270 e. The van der Waals surface area contributed by atoms with Crippen molar-refractivity contribution in [2.24, 2.45) is 5.73 Å². The van der Waals surface area contributed by atoms with E-state index in [4.69, 9.17) is 5.73 Å². The highest BCUT2D eigenvalue weighted by atomic mass is 19.1. The quantitative estimate of drug-likeness (QED) is 0.610. The average Bonchev–Trinajstić information content (AvgIpc) is 2.35. The fraction of sp³-hybridized carbons (Fsp3) is 0.364. The van der Waals surface area contributed by atoms with Gasteiger partial charge in [0.25, 0.3) is 11.6 Å². The molecule has 0 bridgehead atoms. The number of nitrogens with zero attached hydrogens (tertiary/aromatic N) is 1. The first-order chi connectivity index (χ1) is 8.45. The Morgan fingerprint density at radius 2 is 2.28 bits per heavy atom. The lowest BCUT2D eigenvalue weighted by molar-refractivity contribution is -0.384. The van der Waals surface area contributed by atoms with E-state index < -0.39 is 16.6 Å². The van der Waals surface area contributed by atoms with Gasteiger partial charge in [-0.2, -0.15) is 0 Å². The molecular weight excluding hydrogens is 241 g/mol. The number of amides is 1. The summed E-state index contributed by atoms with van der Waals surface area (Å²) in [6, 6.07) is 2.58. The molecule has 0 aliphatic heterocycles. The number of carbonyl (C=O) groups is 1. The zero-order chi connectivity index (χ0) is 13.7. The molecule has 0 saturated carbocycles. The van der Waals surface area contributed by atoms with Crippen molar-refractivity contribution < 1.29 is 14.1 Å². The highest BCUT2D eigenvalue weighted by Crippen LogP contribution is 2.16. The van der Waals surface area contributed by atoms with Crippen LogP contribution in [-0.4, -0.2) is 23.4 Å². The molecule has 0 aliphatic carbocycles. The minimum Gasteiger partial charge on any atom is -0.350 e. The number of nitro benzene ring substituents is 1. The summed E-state index contributed by atoms with van der Waals surface area (Å²) in [5.41, 5.74) is 4.91. The second-order valence-corrected chi connectivity index (χ2v) is 3.80. The number of benzene rings is 1. The Balaban J connectivity index is 2.84. The van der Waals surface area contributed by atoms with Gasteiger partial charge in [0.2, 0.25) is 0 Å². The predicted molar refractivity (Wildman–Crippen MR) is 63.7 cm³/mol. The molecule has 1 unspecified atom stereocenters. The van der Waals surface area contributed by atoms with Crippen molar-refractivity contribution in [2.75, 3.05) is 6.54 Å². The third kappa shape index (κ3) is 3.49. The standard InChI is InChI=1S/C11H14FN3O3/c1-2-7(13)6-14-11(16)9-5-8(15(17)18)3-4-10(9)12/h3-5,7H,2,6,13H2,1H3,(H,14,16). The van der Waals surface area contributed by atoms with Crippen LogP contribution in [-0.2, 0) is 0 Å². The van der Waals surface area contributed by atoms with Crippen LogP contribution in [0.15, 0.2) is 18.2 Å². The van der Waals surface area contributed by atoms with Crippen LogP contribution in [0.4, 0.5) is 10.1 Å². The number of halogens is 1. The molecule has 0 fully saturated rings. The van der Waals surface area contributed by atoms with Gasteiger partial charge in [-0.1, -0.05) is 6.92 Å². The van der Waals surface area contributed by atoms with E-state index in [0.717, 1.165) is 18.2 Å². The first-order valence-electron chi connectivity index (χ1n) is 5.43. The fourth-order valence-electron chi connectivity index (χ4n) is 1.26. The SMILES string of the molecule is CCC(N)CNC(=O)c1cc([N+](=O)[O-])ccc1F. The fourth-order valence-corrected chi connectivity index (χ4v) is 1.26. The van der Waals surface area contributed by atoms with Gasteiger partial charge in [-0.25, -0.2) is 4.39 Å². The van der Waals surface area contributed by atoms with Crippen LogP contribution >= 0.6 is 0 Å². The Labute approximate surface area is 103 Å². The molecule has 1 rings (SSSR count). The lowest BCUT2D eigenvalue weighted by atomic mass is 10.1. The molecule has 0 aliphatic rings. The molecule has 0 aromatic heterocycles. The van der Waals surface area contributed by atoms with E-state index in [1.165, 1.54) is 0 Å². The Hall–Kier alpha value is -2.02. The molecule has 98 valence electrons. The van der Waals surface area contributed by atoms with Crippen molar-refractivity contribution in [3.05, 3.63) is 39.7 Å². The summed E-state index contributed by atoms with van der Waals surface area (Å²) >= 11 is 0. The molecule has 0 spiro atoms. The number of rotatable bonds is 5. The van der Waals surface area contributed by atoms with E-state index in [1.54, 1.807) is 0 Å². The molecule has 3 N–H and O–H groups in total. The number of non-ortho nitro benzene ring substituents is 1. The third-order valence-electron chi connectivity index (χ3n) is 2.45. The second-order valence-electron chi connectivity index (χ2n) is 3.80. The summed E-state index contributed by atoms with van der Waals surface area (Å²) in [6.07, 6.45) is 0.664. The second kappa shape index (κ2) is 6.06. The molecular formula is C11H14FN3O3. The number of hydrogen-bond acceptors (Lipinski definition) is 4. The molecule has 0 saturated heterocycles. The first-order valence-corrected chi connectivity index (χ1v) is 5.43. The summed E-state index contributed by atoms with van der Waals surface area (Å²) in [4.78, 5) is 21.5. The van der Waals surface area contributed by atoms with Gasteiger partial charge in [-0.05, 0) is 12.5 Å². The van der Waals surface area contributed by atoms with E-state index >= 15 is 0 Å². The Morgan fingerprint density at radius 1 is 1.61 bits per heavy atom. The molecule has 1 amide bonds.